The van der Waals surface area contributed by atoms with Gasteiger partial charge in [0.2, 0.25) is 0 Å². The molecule has 0 saturated heterocycles. The topological polar surface area (TPSA) is 38.9 Å². The van der Waals surface area contributed by atoms with Crippen molar-refractivity contribution in [1.82, 2.24) is 9.97 Å². The van der Waals surface area contributed by atoms with E-state index in [-0.39, 0.29) is 0 Å². The van der Waals surface area contributed by atoms with E-state index >= 15 is 0 Å². The molecule has 0 fully saturated rings. The fraction of sp³-hybridized carbons (Fsp3) is 0. The molecule has 0 spiro atoms. The van der Waals surface area contributed by atoms with Crippen LogP contribution in [0.4, 0.5) is 0 Å². The predicted molar refractivity (Wildman–Crippen MR) is 36.3 cm³/mol. The number of nitrogens with zero attached hydrogens (tertiary/aromatic N) is 2. The number of aromatic nitrogens is 2. The van der Waals surface area contributed by atoms with E-state index in [2.05, 4.69) is 26.2 Å². The molecule has 2 aromatic rings. The molecule has 10 heavy (non-hydrogen) atoms. The molecule has 4 heteroatoms. The van der Waals surface area contributed by atoms with E-state index in [1.807, 2.05) is 5.38 Å². The van der Waals surface area contributed by atoms with Crippen molar-refractivity contribution in [3.05, 3.63) is 35.9 Å². The van der Waals surface area contributed by atoms with Crippen molar-refractivity contribution in [2.75, 3.05) is 0 Å². The van der Waals surface area contributed by atoms with E-state index < -0.39 is 0 Å². The normalized spacial score (nSPS) is 8.00. The van der Waals surface area contributed by atoms with E-state index in [0.29, 0.717) is 0 Å². The fourth-order valence-electron chi connectivity index (χ4n) is 0.304. The van der Waals surface area contributed by atoms with Crippen molar-refractivity contribution < 1.29 is 4.42 Å². The smallest absolute Gasteiger partial charge is 0.191 e. The van der Waals surface area contributed by atoms with Gasteiger partial charge in [-0.1, -0.05) is 0 Å². The third-order valence-corrected chi connectivity index (χ3v) is 1.09. The predicted octanol–water partition coefficient (Wildman–Crippen LogP) is 1.42. The molecule has 50 valence electrons. The number of hydrogen-bond donors (Lipinski definition) is 0. The lowest BCUT2D eigenvalue weighted by Gasteiger charge is -1.45. The highest BCUT2D eigenvalue weighted by molar-refractivity contribution is 7.06. The van der Waals surface area contributed by atoms with Gasteiger partial charge in [-0.2, -0.15) is 0 Å². The molecule has 2 rings (SSSR count). The standard InChI is InChI=1S/C3H2NO.C3H2NS/c2*1-2-5-3-4-1/h1,3H;1-2H. The maximum absolute atomic E-state index is 4.35. The van der Waals surface area contributed by atoms with Crippen LogP contribution in [0.5, 0.6) is 0 Å². The molecule has 2 heterocycles. The van der Waals surface area contributed by atoms with Crippen LogP contribution in [0, 0.1) is 11.8 Å². The zero-order valence-corrected chi connectivity index (χ0v) is 5.84. The first kappa shape index (κ1) is 6.95. The number of oxazole rings is 1. The lowest BCUT2D eigenvalue weighted by atomic mass is 11.0. The summed E-state index contributed by atoms with van der Waals surface area (Å²) in [6.07, 6.45) is 6.87. The summed E-state index contributed by atoms with van der Waals surface area (Å²) in [4.78, 5) is 7.12. The van der Waals surface area contributed by atoms with E-state index in [1.54, 1.807) is 6.20 Å². The number of rotatable bonds is 0. The highest BCUT2D eigenvalue weighted by Gasteiger charge is 1.62. The summed E-state index contributed by atoms with van der Waals surface area (Å²) in [6, 6.07) is 0. The van der Waals surface area contributed by atoms with Gasteiger partial charge in [-0.3, -0.25) is 0 Å². The maximum Gasteiger partial charge on any atom is 0.191 e. The largest absolute Gasteiger partial charge is 0.440 e. The van der Waals surface area contributed by atoms with Crippen molar-refractivity contribution in [3.8, 4) is 0 Å². The Morgan fingerprint density at radius 2 is 2.50 bits per heavy atom. The highest BCUT2D eigenvalue weighted by Crippen LogP contribution is 1.84. The van der Waals surface area contributed by atoms with Crippen LogP contribution in [-0.4, -0.2) is 9.97 Å². The molecule has 3 nitrogen and oxygen atoms in total. The zero-order chi connectivity index (χ0) is 7.07. The van der Waals surface area contributed by atoms with Crippen LogP contribution in [0.2, 0.25) is 0 Å². The quantitative estimate of drug-likeness (QED) is 0.573. The minimum Gasteiger partial charge on any atom is -0.440 e. The summed E-state index contributed by atoms with van der Waals surface area (Å²) >= 11 is 1.48. The highest BCUT2D eigenvalue weighted by atomic mass is 32.1. The molecule has 2 aromatic heterocycles. The van der Waals surface area contributed by atoms with E-state index in [9.17, 15) is 0 Å². The summed E-state index contributed by atoms with van der Waals surface area (Å²) in [6.45, 7) is 0. The Kier molecular flexibility index (Phi) is 3.26. The van der Waals surface area contributed by atoms with E-state index in [0.717, 1.165) is 0 Å². The summed E-state index contributed by atoms with van der Waals surface area (Å²) in [5, 5.41) is 1.88. The van der Waals surface area contributed by atoms with Gasteiger partial charge in [-0.05, 0) is 0 Å². The van der Waals surface area contributed by atoms with Crippen LogP contribution in [-0.2, 0) is 0 Å². The second-order valence-corrected chi connectivity index (χ2v) is 1.93. The molecule has 0 aromatic carbocycles. The number of hydrogen-bond acceptors (Lipinski definition) is 4. The fourth-order valence-corrected chi connectivity index (χ4v) is 0.609. The summed E-state index contributed by atoms with van der Waals surface area (Å²) in [5.74, 6) is 0. The third kappa shape index (κ3) is 2.99. The monoisotopic (exact) mass is 152 g/mol. The minimum absolute atomic E-state index is 1.32. The maximum atomic E-state index is 4.35. The van der Waals surface area contributed by atoms with Gasteiger partial charge in [0.05, 0.1) is 6.20 Å². The lowest BCUT2D eigenvalue weighted by Crippen LogP contribution is -1.39. The molecule has 2 radical (unpaired) electrons. The van der Waals surface area contributed by atoms with E-state index in [1.165, 1.54) is 23.9 Å². The number of thiazole rings is 1. The molecular weight excluding hydrogens is 148 g/mol. The van der Waals surface area contributed by atoms with Gasteiger partial charge in [0.25, 0.3) is 0 Å². The average molecular weight is 152 g/mol. The van der Waals surface area contributed by atoms with Gasteiger partial charge in [0.1, 0.15) is 0 Å². The van der Waals surface area contributed by atoms with Crippen LogP contribution in [0.15, 0.2) is 28.6 Å². The van der Waals surface area contributed by atoms with E-state index in [4.69, 9.17) is 0 Å². The van der Waals surface area contributed by atoms with Crippen molar-refractivity contribution in [2.24, 2.45) is 0 Å². The molecule has 0 aliphatic rings. The second-order valence-electron chi connectivity index (χ2n) is 1.24. The van der Waals surface area contributed by atoms with Crippen molar-refractivity contribution >= 4 is 11.3 Å². The van der Waals surface area contributed by atoms with Gasteiger partial charge in [0.15, 0.2) is 18.2 Å². The third-order valence-electron chi connectivity index (χ3n) is 0.618. The SMILES string of the molecule is [c]1cnco1.[c]1nccs1. The van der Waals surface area contributed by atoms with Crippen LogP contribution < -0.4 is 0 Å². The molecule has 0 aliphatic heterocycles. The Hall–Kier alpha value is -1.16. The average Bonchev–Trinajstić information content (AvgIpc) is 2.67. The Morgan fingerprint density at radius 1 is 1.50 bits per heavy atom. The van der Waals surface area contributed by atoms with Crippen LogP contribution in [0.25, 0.3) is 0 Å². The molecule has 0 bridgehead atoms. The first-order valence-electron chi connectivity index (χ1n) is 2.50. The summed E-state index contributed by atoms with van der Waals surface area (Å²) in [7, 11) is 0. The zero-order valence-electron chi connectivity index (χ0n) is 5.02. The first-order chi connectivity index (χ1) is 5.00. The molecule has 0 unspecified atom stereocenters. The Morgan fingerprint density at radius 3 is 2.70 bits per heavy atom. The second kappa shape index (κ2) is 4.69. The minimum atomic E-state index is 1.32. The Bertz CT molecular complexity index is 155. The van der Waals surface area contributed by atoms with Crippen LogP contribution in [0.1, 0.15) is 0 Å². The Balaban J connectivity index is 0.0000001000. The molecular formula is C6H4N2OS. The molecule has 0 atom stereocenters. The molecule has 0 N–H and O–H groups in total. The Labute approximate surface area is 62.4 Å². The molecule has 0 aliphatic carbocycles. The molecule has 0 saturated carbocycles. The van der Waals surface area contributed by atoms with Gasteiger partial charge in [-0.15, -0.1) is 11.3 Å². The van der Waals surface area contributed by atoms with Crippen LogP contribution in [0.3, 0.4) is 0 Å². The lowest BCUT2D eigenvalue weighted by molar-refractivity contribution is 0.549. The van der Waals surface area contributed by atoms with Gasteiger partial charge in [0, 0.05) is 11.6 Å². The van der Waals surface area contributed by atoms with Gasteiger partial charge >= 0.3 is 0 Å². The summed E-state index contributed by atoms with van der Waals surface area (Å²) < 4.78 is 4.35. The molecule has 0 amide bonds. The van der Waals surface area contributed by atoms with Gasteiger partial charge in [-0.25, -0.2) is 9.97 Å². The van der Waals surface area contributed by atoms with Crippen LogP contribution >= 0.6 is 11.3 Å². The van der Waals surface area contributed by atoms with Crippen molar-refractivity contribution in [2.45, 2.75) is 0 Å². The van der Waals surface area contributed by atoms with Crippen molar-refractivity contribution in [3.63, 3.8) is 0 Å². The summed E-state index contributed by atoms with van der Waals surface area (Å²) in [5.41, 5.74) is 2.65. The van der Waals surface area contributed by atoms with Gasteiger partial charge < -0.3 is 4.42 Å². The first-order valence-corrected chi connectivity index (χ1v) is 3.38. The van der Waals surface area contributed by atoms with Crippen molar-refractivity contribution in [1.29, 1.82) is 0 Å².